The van der Waals surface area contributed by atoms with Crippen molar-refractivity contribution >= 4 is 11.8 Å². The third kappa shape index (κ3) is 4.93. The van der Waals surface area contributed by atoms with Crippen LogP contribution in [0.15, 0.2) is 0 Å². The highest BCUT2D eigenvalue weighted by atomic mass is 16.7. The molecule has 2 amide bonds. The fourth-order valence-electron chi connectivity index (χ4n) is 3.27. The van der Waals surface area contributed by atoms with E-state index in [1.807, 2.05) is 0 Å². The Kier molecular flexibility index (Phi) is 7.14. The Bertz CT molecular complexity index is 548. The Labute approximate surface area is 156 Å². The molecule has 27 heavy (non-hydrogen) atoms. The van der Waals surface area contributed by atoms with Gasteiger partial charge in [0.1, 0.15) is 36.5 Å². The zero-order valence-electron chi connectivity index (χ0n) is 15.6. The van der Waals surface area contributed by atoms with Crippen LogP contribution in [-0.2, 0) is 23.8 Å². The quantitative estimate of drug-likeness (QED) is 0.291. The summed E-state index contributed by atoms with van der Waals surface area (Å²) < 4.78 is 16.5. The minimum absolute atomic E-state index is 0.482. The van der Waals surface area contributed by atoms with Crippen molar-refractivity contribution in [3.63, 3.8) is 0 Å². The molecule has 6 N–H and O–H groups in total. The molecule has 0 aromatic heterocycles. The van der Waals surface area contributed by atoms with Crippen molar-refractivity contribution in [2.75, 3.05) is 0 Å². The molecule has 11 nitrogen and oxygen atoms in total. The summed E-state index contributed by atoms with van der Waals surface area (Å²) in [5.74, 6) is -0.970. The molecule has 0 aromatic rings. The van der Waals surface area contributed by atoms with Crippen LogP contribution in [0.3, 0.4) is 0 Å². The lowest BCUT2D eigenvalue weighted by Crippen LogP contribution is -2.68. The molecule has 11 heteroatoms. The fourth-order valence-corrected chi connectivity index (χ4v) is 3.27. The third-order valence-corrected chi connectivity index (χ3v) is 4.70. The highest BCUT2D eigenvalue weighted by Crippen LogP contribution is 2.28. The summed E-state index contributed by atoms with van der Waals surface area (Å²) >= 11 is 0. The van der Waals surface area contributed by atoms with Crippen LogP contribution < -0.4 is 10.6 Å². The molecule has 2 fully saturated rings. The second-order valence-electron chi connectivity index (χ2n) is 6.97. The van der Waals surface area contributed by atoms with Gasteiger partial charge in [-0.2, -0.15) is 0 Å². The van der Waals surface area contributed by atoms with Gasteiger partial charge in [-0.1, -0.05) is 0 Å². The van der Waals surface area contributed by atoms with Crippen LogP contribution in [0, 0.1) is 0 Å². The van der Waals surface area contributed by atoms with Gasteiger partial charge in [0.25, 0.3) is 0 Å². The molecule has 1 unspecified atom stereocenters. The maximum absolute atomic E-state index is 11.5. The van der Waals surface area contributed by atoms with Crippen LogP contribution in [0.25, 0.3) is 0 Å². The monoisotopic (exact) mass is 392 g/mol. The maximum atomic E-state index is 11.5. The molecule has 0 bridgehead atoms. The normalized spacial score (nSPS) is 45.2. The molecule has 10 atom stereocenters. The van der Waals surface area contributed by atoms with Crippen molar-refractivity contribution in [3.05, 3.63) is 0 Å². The van der Waals surface area contributed by atoms with Gasteiger partial charge >= 0.3 is 0 Å². The van der Waals surface area contributed by atoms with Crippen molar-refractivity contribution < 1.29 is 44.2 Å². The van der Waals surface area contributed by atoms with Gasteiger partial charge in [-0.3, -0.25) is 9.59 Å². The van der Waals surface area contributed by atoms with E-state index in [0.717, 1.165) is 0 Å². The van der Waals surface area contributed by atoms with Crippen molar-refractivity contribution in [3.8, 4) is 0 Å². The molecule has 2 aliphatic heterocycles. The number of ether oxygens (including phenoxy) is 3. The maximum Gasteiger partial charge on any atom is 0.217 e. The van der Waals surface area contributed by atoms with Crippen LogP contribution in [0.4, 0.5) is 0 Å². The third-order valence-electron chi connectivity index (χ3n) is 4.70. The minimum Gasteiger partial charge on any atom is -0.388 e. The lowest BCUT2D eigenvalue weighted by molar-refractivity contribution is -0.315. The summed E-state index contributed by atoms with van der Waals surface area (Å²) in [6.07, 6.45) is -9.41. The molecule has 2 saturated heterocycles. The second-order valence-corrected chi connectivity index (χ2v) is 6.97. The van der Waals surface area contributed by atoms with Crippen LogP contribution in [0.5, 0.6) is 0 Å². The van der Waals surface area contributed by atoms with E-state index in [2.05, 4.69) is 10.6 Å². The predicted molar refractivity (Wildman–Crippen MR) is 89.0 cm³/mol. The van der Waals surface area contributed by atoms with Gasteiger partial charge in [0.15, 0.2) is 12.6 Å². The van der Waals surface area contributed by atoms with Gasteiger partial charge in [0.05, 0.1) is 12.2 Å². The Morgan fingerprint density at radius 1 is 0.815 bits per heavy atom. The standard InChI is InChI=1S/C16H28N2O9/c1-5-11(21)13(23)9(17-7(3)19)16(26-5)27-14-10(18-8(4)20)15(24)25-6(2)12(14)22/h5-6,9-16,21-24H,1-4H3,(H,17,19)(H,18,20)/t5-,6+,9-,10+,11+,12-,13-,14+,15?,16-/m0/s1. The van der Waals surface area contributed by atoms with Gasteiger partial charge in [-0.25, -0.2) is 0 Å². The molecular formula is C16H28N2O9. The average Bonchev–Trinajstić information content (AvgIpc) is 2.56. The Morgan fingerprint density at radius 2 is 1.33 bits per heavy atom. The van der Waals surface area contributed by atoms with Crippen molar-refractivity contribution in [1.29, 1.82) is 0 Å². The Morgan fingerprint density at radius 3 is 1.89 bits per heavy atom. The molecule has 2 aliphatic rings. The molecule has 2 rings (SSSR count). The molecule has 0 aliphatic carbocycles. The first-order chi connectivity index (χ1) is 12.5. The van der Waals surface area contributed by atoms with E-state index >= 15 is 0 Å². The molecule has 0 aromatic carbocycles. The van der Waals surface area contributed by atoms with Crippen LogP contribution in [-0.4, -0.2) is 93.5 Å². The summed E-state index contributed by atoms with van der Waals surface area (Å²) in [5.41, 5.74) is 0. The summed E-state index contributed by atoms with van der Waals surface area (Å²) in [6.45, 7) is 5.48. The molecule has 156 valence electrons. The number of aliphatic hydroxyl groups is 4. The summed E-state index contributed by atoms with van der Waals surface area (Å²) in [4.78, 5) is 22.9. The number of nitrogens with one attached hydrogen (secondary N) is 2. The van der Waals surface area contributed by atoms with Crippen LogP contribution in [0.1, 0.15) is 27.7 Å². The number of amides is 2. The summed E-state index contributed by atoms with van der Waals surface area (Å²) in [7, 11) is 0. The smallest absolute Gasteiger partial charge is 0.217 e. The van der Waals surface area contributed by atoms with E-state index in [0.29, 0.717) is 0 Å². The fraction of sp³-hybridized carbons (Fsp3) is 0.875. The number of carbonyl (C=O) groups is 2. The molecule has 0 spiro atoms. The zero-order valence-corrected chi connectivity index (χ0v) is 15.6. The molecule has 0 saturated carbocycles. The van der Waals surface area contributed by atoms with Crippen molar-refractivity contribution in [2.24, 2.45) is 0 Å². The van der Waals surface area contributed by atoms with E-state index in [9.17, 15) is 30.0 Å². The lowest BCUT2D eigenvalue weighted by atomic mass is 9.95. The highest BCUT2D eigenvalue weighted by molar-refractivity contribution is 5.73. The summed E-state index contributed by atoms with van der Waals surface area (Å²) in [5, 5.41) is 45.8. The number of aliphatic hydroxyl groups excluding tert-OH is 4. The van der Waals surface area contributed by atoms with Crippen molar-refractivity contribution in [2.45, 2.75) is 89.0 Å². The van der Waals surface area contributed by atoms with E-state index < -0.39 is 73.1 Å². The number of rotatable bonds is 4. The van der Waals surface area contributed by atoms with E-state index in [1.54, 1.807) is 0 Å². The Hall–Kier alpha value is -1.34. The van der Waals surface area contributed by atoms with Gasteiger partial charge in [0.2, 0.25) is 11.8 Å². The first-order valence-corrected chi connectivity index (χ1v) is 8.75. The summed E-state index contributed by atoms with van der Waals surface area (Å²) in [6, 6.07) is -2.25. The SMILES string of the molecule is CC(=O)N[C@@H]1[C@H](O[C@H]2[C@@H](O)[C@@H](C)OC(O)[C@@H]2NC(C)=O)O[C@@H](C)[C@@H](O)[C@H]1O. The van der Waals surface area contributed by atoms with Crippen LogP contribution >= 0.6 is 0 Å². The lowest BCUT2D eigenvalue weighted by Gasteiger charge is -2.47. The number of carbonyl (C=O) groups excluding carboxylic acids is 2. The van der Waals surface area contributed by atoms with Gasteiger partial charge in [-0.15, -0.1) is 0 Å². The van der Waals surface area contributed by atoms with Gasteiger partial charge in [-0.05, 0) is 13.8 Å². The van der Waals surface area contributed by atoms with Gasteiger partial charge < -0.3 is 45.3 Å². The second kappa shape index (κ2) is 8.78. The first kappa shape index (κ1) is 22.0. The van der Waals surface area contributed by atoms with Crippen molar-refractivity contribution in [1.82, 2.24) is 10.6 Å². The number of hydrogen-bond acceptors (Lipinski definition) is 9. The average molecular weight is 392 g/mol. The number of hydrogen-bond donors (Lipinski definition) is 6. The van der Waals surface area contributed by atoms with Crippen LogP contribution in [0.2, 0.25) is 0 Å². The van der Waals surface area contributed by atoms with E-state index in [-0.39, 0.29) is 0 Å². The minimum atomic E-state index is -1.45. The van der Waals surface area contributed by atoms with E-state index in [1.165, 1.54) is 27.7 Å². The molecule has 2 heterocycles. The molecule has 0 radical (unpaired) electrons. The largest absolute Gasteiger partial charge is 0.388 e. The Balaban J connectivity index is 2.26. The molecular weight excluding hydrogens is 364 g/mol. The van der Waals surface area contributed by atoms with Gasteiger partial charge in [0, 0.05) is 13.8 Å². The predicted octanol–water partition coefficient (Wildman–Crippen LogP) is -3.05. The van der Waals surface area contributed by atoms with E-state index in [4.69, 9.17) is 14.2 Å². The highest BCUT2D eigenvalue weighted by Gasteiger charge is 2.50. The first-order valence-electron chi connectivity index (χ1n) is 8.75. The zero-order chi connectivity index (χ0) is 20.5. The topological polar surface area (TPSA) is 167 Å².